The number of benzene rings is 1. The van der Waals surface area contributed by atoms with Crippen LogP contribution in [0.2, 0.25) is 0 Å². The molecule has 2 fully saturated rings. The van der Waals surface area contributed by atoms with Gasteiger partial charge in [-0.3, -0.25) is 4.98 Å². The van der Waals surface area contributed by atoms with Crippen LogP contribution in [0, 0.1) is 5.92 Å². The Hall–Kier alpha value is -2.24. The lowest BCUT2D eigenvalue weighted by atomic mass is 9.73. The largest absolute Gasteiger partial charge is 0.463 e. The van der Waals surface area contributed by atoms with Gasteiger partial charge in [0, 0.05) is 23.7 Å². The second-order valence-corrected chi connectivity index (χ2v) is 9.71. The predicted octanol–water partition coefficient (Wildman–Crippen LogP) is 5.05. The lowest BCUT2D eigenvalue weighted by Gasteiger charge is -2.37. The number of rotatable bonds is 9. The summed E-state index contributed by atoms with van der Waals surface area (Å²) in [7, 11) is 0. The average Bonchev–Trinajstić information content (AvgIpc) is 2.90. The molecule has 33 heavy (non-hydrogen) atoms. The molecule has 1 aromatic heterocycles. The Morgan fingerprint density at radius 1 is 1.00 bits per heavy atom. The number of carbonyl (C=O) groups excluding carboxylic acids is 1. The molecule has 1 unspecified atom stereocenters. The van der Waals surface area contributed by atoms with E-state index in [9.17, 15) is 9.90 Å². The number of carbonyl (C=O) groups is 1. The van der Waals surface area contributed by atoms with Gasteiger partial charge in [0.15, 0.2) is 5.60 Å². The van der Waals surface area contributed by atoms with Gasteiger partial charge in [0.05, 0.1) is 6.61 Å². The first kappa shape index (κ1) is 23.9. The summed E-state index contributed by atoms with van der Waals surface area (Å²) >= 11 is 0. The molecular formula is C28H38N2O3. The van der Waals surface area contributed by atoms with Crippen LogP contribution in [0.5, 0.6) is 0 Å². The molecule has 2 aromatic rings. The maximum atomic E-state index is 13.5. The Bertz CT molecular complexity index is 848. The highest BCUT2D eigenvalue weighted by atomic mass is 16.5. The van der Waals surface area contributed by atoms with E-state index in [1.807, 2.05) is 48.5 Å². The molecule has 0 amide bonds. The molecule has 0 spiro atoms. The lowest BCUT2D eigenvalue weighted by Crippen LogP contribution is -2.45. The summed E-state index contributed by atoms with van der Waals surface area (Å²) in [5.41, 5.74) is -0.00345. The van der Waals surface area contributed by atoms with Crippen molar-refractivity contribution in [2.45, 2.75) is 69.3 Å². The molecule has 0 bridgehead atoms. The standard InChI is InChI=1S/C28H38N2O3/c31-27(28(32,24-12-4-1-5-13-24)25-14-6-2-7-15-25)33-22-23(26-16-8-9-18-29-26)17-21-30-19-10-3-11-20-30/h1,4-5,8-9,12-13,16,18,23,25,32H,2-3,6-7,10-11,14-15,17,19-22H2/t23-,28?/m0/s1. The van der Waals surface area contributed by atoms with Gasteiger partial charge in [0.25, 0.3) is 0 Å². The van der Waals surface area contributed by atoms with Crippen LogP contribution in [0.25, 0.3) is 0 Å². The molecule has 1 N–H and O–H groups in total. The van der Waals surface area contributed by atoms with E-state index in [2.05, 4.69) is 9.88 Å². The highest BCUT2D eigenvalue weighted by Gasteiger charge is 2.47. The van der Waals surface area contributed by atoms with Crippen LogP contribution in [-0.2, 0) is 15.1 Å². The molecule has 1 aliphatic heterocycles. The Morgan fingerprint density at radius 3 is 2.39 bits per heavy atom. The van der Waals surface area contributed by atoms with E-state index >= 15 is 0 Å². The fourth-order valence-corrected chi connectivity index (χ4v) is 5.47. The van der Waals surface area contributed by atoms with Crippen molar-refractivity contribution in [1.82, 2.24) is 9.88 Å². The van der Waals surface area contributed by atoms with E-state index in [4.69, 9.17) is 4.74 Å². The summed E-state index contributed by atoms with van der Waals surface area (Å²) in [5.74, 6) is -0.606. The Labute approximate surface area is 198 Å². The van der Waals surface area contributed by atoms with E-state index in [0.29, 0.717) is 5.56 Å². The monoisotopic (exact) mass is 450 g/mol. The number of aromatic nitrogens is 1. The molecule has 1 saturated carbocycles. The maximum absolute atomic E-state index is 13.5. The van der Waals surface area contributed by atoms with Gasteiger partial charge < -0.3 is 14.7 Å². The van der Waals surface area contributed by atoms with Gasteiger partial charge in [0.1, 0.15) is 0 Å². The first-order chi connectivity index (χ1) is 16.2. The number of hydrogen-bond donors (Lipinski definition) is 1. The van der Waals surface area contributed by atoms with E-state index in [0.717, 1.165) is 63.9 Å². The Balaban J connectivity index is 1.48. The van der Waals surface area contributed by atoms with Crippen LogP contribution in [-0.4, -0.2) is 47.2 Å². The molecule has 2 heterocycles. The molecule has 5 heteroatoms. The van der Waals surface area contributed by atoms with Crippen molar-refractivity contribution in [1.29, 1.82) is 0 Å². The zero-order valence-electron chi connectivity index (χ0n) is 19.7. The van der Waals surface area contributed by atoms with Crippen molar-refractivity contribution in [3.05, 3.63) is 66.0 Å². The van der Waals surface area contributed by atoms with Crippen LogP contribution in [0.3, 0.4) is 0 Å². The van der Waals surface area contributed by atoms with Crippen LogP contribution >= 0.6 is 0 Å². The summed E-state index contributed by atoms with van der Waals surface area (Å²) in [6, 6.07) is 15.3. The lowest BCUT2D eigenvalue weighted by molar-refractivity contribution is -0.176. The number of pyridine rings is 1. The molecule has 1 saturated heterocycles. The SMILES string of the molecule is O=C(OC[C@H](CCN1CCCCC1)c1ccccn1)C(O)(c1ccccc1)C1CCCCC1. The fourth-order valence-electron chi connectivity index (χ4n) is 5.47. The smallest absolute Gasteiger partial charge is 0.343 e. The zero-order chi connectivity index (χ0) is 22.9. The number of nitrogens with zero attached hydrogens (tertiary/aromatic N) is 2. The molecule has 5 nitrogen and oxygen atoms in total. The summed E-state index contributed by atoms with van der Waals surface area (Å²) in [4.78, 5) is 20.6. The number of piperidine rings is 1. The second kappa shape index (κ2) is 11.8. The van der Waals surface area contributed by atoms with E-state index in [1.165, 1.54) is 19.3 Å². The molecule has 4 rings (SSSR count). The minimum Gasteiger partial charge on any atom is -0.463 e. The van der Waals surface area contributed by atoms with Crippen molar-refractivity contribution in [3.63, 3.8) is 0 Å². The molecular weight excluding hydrogens is 412 g/mol. The Kier molecular flexibility index (Phi) is 8.51. The first-order valence-electron chi connectivity index (χ1n) is 12.8. The van der Waals surface area contributed by atoms with Crippen molar-refractivity contribution in [3.8, 4) is 0 Å². The van der Waals surface area contributed by atoms with Crippen molar-refractivity contribution >= 4 is 5.97 Å². The quantitative estimate of drug-likeness (QED) is 0.542. The molecule has 1 aliphatic carbocycles. The van der Waals surface area contributed by atoms with Gasteiger partial charge in [-0.2, -0.15) is 0 Å². The fraction of sp³-hybridized carbons (Fsp3) is 0.571. The first-order valence-corrected chi connectivity index (χ1v) is 12.8. The second-order valence-electron chi connectivity index (χ2n) is 9.71. The van der Waals surface area contributed by atoms with Crippen LogP contribution in [0.15, 0.2) is 54.7 Å². The molecule has 0 radical (unpaired) electrons. The van der Waals surface area contributed by atoms with Gasteiger partial charge in [-0.05, 0) is 69.4 Å². The van der Waals surface area contributed by atoms with Crippen molar-refractivity contribution in [2.75, 3.05) is 26.2 Å². The number of hydrogen-bond acceptors (Lipinski definition) is 5. The number of ether oxygens (including phenoxy) is 1. The third-order valence-corrected chi connectivity index (χ3v) is 7.49. The minimum atomic E-state index is -1.59. The normalized spacial score (nSPS) is 20.6. The maximum Gasteiger partial charge on any atom is 0.343 e. The summed E-state index contributed by atoms with van der Waals surface area (Å²) in [6.45, 7) is 3.50. The minimum absolute atomic E-state index is 0.0171. The van der Waals surface area contributed by atoms with Crippen LogP contribution in [0.4, 0.5) is 0 Å². The average molecular weight is 451 g/mol. The molecule has 178 valence electrons. The van der Waals surface area contributed by atoms with Gasteiger partial charge in [0.2, 0.25) is 0 Å². The van der Waals surface area contributed by atoms with Gasteiger partial charge in [-0.15, -0.1) is 0 Å². The van der Waals surface area contributed by atoms with E-state index in [-0.39, 0.29) is 18.4 Å². The molecule has 2 atom stereocenters. The van der Waals surface area contributed by atoms with Crippen molar-refractivity contribution < 1.29 is 14.6 Å². The van der Waals surface area contributed by atoms with E-state index < -0.39 is 11.6 Å². The van der Waals surface area contributed by atoms with Gasteiger partial charge >= 0.3 is 5.97 Å². The third-order valence-electron chi connectivity index (χ3n) is 7.49. The Morgan fingerprint density at radius 2 is 1.70 bits per heavy atom. The zero-order valence-corrected chi connectivity index (χ0v) is 19.7. The third kappa shape index (κ3) is 6.01. The predicted molar refractivity (Wildman–Crippen MR) is 130 cm³/mol. The number of likely N-dealkylation sites (tertiary alicyclic amines) is 1. The molecule has 2 aliphatic rings. The van der Waals surface area contributed by atoms with Gasteiger partial charge in [-0.25, -0.2) is 4.79 Å². The highest BCUT2D eigenvalue weighted by Crippen LogP contribution is 2.40. The van der Waals surface area contributed by atoms with Crippen LogP contribution < -0.4 is 0 Å². The number of aliphatic hydroxyl groups is 1. The van der Waals surface area contributed by atoms with Crippen LogP contribution in [0.1, 0.15) is 75.0 Å². The summed E-state index contributed by atoms with van der Waals surface area (Å²) in [6.07, 6.45) is 11.5. The van der Waals surface area contributed by atoms with Gasteiger partial charge in [-0.1, -0.05) is 62.1 Å². The summed E-state index contributed by atoms with van der Waals surface area (Å²) in [5, 5.41) is 11.8. The van der Waals surface area contributed by atoms with E-state index in [1.54, 1.807) is 6.20 Å². The highest BCUT2D eigenvalue weighted by molar-refractivity contribution is 5.81. The topological polar surface area (TPSA) is 62.7 Å². The summed E-state index contributed by atoms with van der Waals surface area (Å²) < 4.78 is 5.92. The van der Waals surface area contributed by atoms with Crippen molar-refractivity contribution in [2.24, 2.45) is 5.92 Å². The number of esters is 1. The molecule has 1 aromatic carbocycles.